The molecule has 5 heteroatoms. The summed E-state index contributed by atoms with van der Waals surface area (Å²) in [6.45, 7) is 3.06. The topological polar surface area (TPSA) is 63.2 Å². The molecule has 0 aromatic carbocycles. The minimum Gasteiger partial charge on any atom is -0.378 e. The van der Waals surface area contributed by atoms with Crippen molar-refractivity contribution in [2.45, 2.75) is 44.8 Å². The van der Waals surface area contributed by atoms with E-state index in [-0.39, 0.29) is 12.5 Å². The Labute approximate surface area is 137 Å². The van der Waals surface area contributed by atoms with Crippen molar-refractivity contribution in [3.8, 4) is 12.3 Å². The predicted octanol–water partition coefficient (Wildman–Crippen LogP) is 2.20. The van der Waals surface area contributed by atoms with Gasteiger partial charge in [0.2, 0.25) is 0 Å². The summed E-state index contributed by atoms with van der Waals surface area (Å²) in [6, 6.07) is 4.04. The molecule has 1 heterocycles. The fourth-order valence-electron chi connectivity index (χ4n) is 3.67. The highest BCUT2D eigenvalue weighted by Gasteiger charge is 2.58. The molecule has 122 valence electrons. The van der Waals surface area contributed by atoms with Gasteiger partial charge in [0.05, 0.1) is 18.2 Å². The van der Waals surface area contributed by atoms with Gasteiger partial charge < -0.3 is 15.4 Å². The molecule has 2 N–H and O–H groups in total. The van der Waals surface area contributed by atoms with Gasteiger partial charge in [-0.1, -0.05) is 12.3 Å². The van der Waals surface area contributed by atoms with Crippen LogP contribution >= 0.6 is 0 Å². The van der Waals surface area contributed by atoms with Gasteiger partial charge in [-0.15, -0.1) is 6.42 Å². The van der Waals surface area contributed by atoms with Crippen LogP contribution in [0.3, 0.4) is 0 Å². The van der Waals surface area contributed by atoms with Gasteiger partial charge in [-0.05, 0) is 38.3 Å². The summed E-state index contributed by atoms with van der Waals surface area (Å²) in [6.07, 6.45) is 11.9. The minimum atomic E-state index is -0.197. The molecule has 0 aliphatic heterocycles. The van der Waals surface area contributed by atoms with E-state index in [0.717, 1.165) is 18.8 Å². The van der Waals surface area contributed by atoms with Crippen molar-refractivity contribution in [3.63, 3.8) is 0 Å². The van der Waals surface area contributed by atoms with Crippen molar-refractivity contribution in [2.75, 3.05) is 18.5 Å². The largest absolute Gasteiger partial charge is 0.378 e. The van der Waals surface area contributed by atoms with E-state index in [2.05, 4.69) is 28.5 Å². The molecule has 2 unspecified atom stereocenters. The van der Waals surface area contributed by atoms with E-state index < -0.39 is 0 Å². The number of aromatic nitrogens is 1. The van der Waals surface area contributed by atoms with Crippen molar-refractivity contribution in [2.24, 2.45) is 5.41 Å². The molecule has 3 rings (SSSR count). The van der Waals surface area contributed by atoms with Crippen LogP contribution in [-0.4, -0.2) is 36.2 Å². The average molecular weight is 313 g/mol. The van der Waals surface area contributed by atoms with Crippen LogP contribution in [0.2, 0.25) is 0 Å². The lowest BCUT2D eigenvalue weighted by Crippen LogP contribution is -2.64. The highest BCUT2D eigenvalue weighted by Crippen LogP contribution is 2.58. The molecule has 5 nitrogen and oxygen atoms in total. The first-order valence-corrected chi connectivity index (χ1v) is 8.25. The normalized spacial score (nSPS) is 24.2. The third-order valence-corrected chi connectivity index (χ3v) is 5.14. The third kappa shape index (κ3) is 2.91. The van der Waals surface area contributed by atoms with Gasteiger partial charge in [0.25, 0.3) is 5.91 Å². The van der Waals surface area contributed by atoms with Crippen LogP contribution in [0.1, 0.15) is 43.0 Å². The number of anilines is 1. The van der Waals surface area contributed by atoms with Gasteiger partial charge in [-0.25, -0.2) is 4.98 Å². The molecule has 2 atom stereocenters. The Balaban J connectivity index is 1.59. The second-order valence-electron chi connectivity index (χ2n) is 6.28. The Kier molecular flexibility index (Phi) is 4.53. The van der Waals surface area contributed by atoms with E-state index in [0.29, 0.717) is 23.1 Å². The highest BCUT2D eigenvalue weighted by molar-refractivity contribution is 5.94. The van der Waals surface area contributed by atoms with Gasteiger partial charge >= 0.3 is 0 Å². The molecule has 0 bridgehead atoms. The average Bonchev–Trinajstić information content (AvgIpc) is 2.50. The molecule has 2 saturated carbocycles. The predicted molar refractivity (Wildman–Crippen MR) is 89.1 cm³/mol. The first kappa shape index (κ1) is 15.8. The van der Waals surface area contributed by atoms with Crippen LogP contribution in [-0.2, 0) is 4.74 Å². The summed E-state index contributed by atoms with van der Waals surface area (Å²) < 4.78 is 5.86. The number of hydrogen-bond donors (Lipinski definition) is 2. The highest BCUT2D eigenvalue weighted by atomic mass is 16.5. The number of carbonyl (C=O) groups is 1. The second-order valence-corrected chi connectivity index (χ2v) is 6.28. The number of amides is 1. The van der Waals surface area contributed by atoms with Gasteiger partial charge in [0.15, 0.2) is 0 Å². The summed E-state index contributed by atoms with van der Waals surface area (Å²) >= 11 is 0. The van der Waals surface area contributed by atoms with Crippen molar-refractivity contribution in [3.05, 3.63) is 23.9 Å². The molecule has 1 aromatic heterocycles. The first-order chi connectivity index (χ1) is 11.2. The molecule has 2 aliphatic carbocycles. The number of ether oxygens (including phenoxy) is 1. The van der Waals surface area contributed by atoms with E-state index in [1.807, 2.05) is 6.07 Å². The van der Waals surface area contributed by atoms with Gasteiger partial charge in [-0.3, -0.25) is 4.79 Å². The second kappa shape index (κ2) is 6.59. The lowest BCUT2D eigenvalue weighted by Gasteiger charge is -2.61. The summed E-state index contributed by atoms with van der Waals surface area (Å²) in [5.74, 6) is 2.99. The molecule has 0 saturated heterocycles. The number of rotatable bonds is 6. The fourth-order valence-corrected chi connectivity index (χ4v) is 3.67. The number of nitrogens with zero attached hydrogens (tertiary/aromatic N) is 1. The molecule has 23 heavy (non-hydrogen) atoms. The summed E-state index contributed by atoms with van der Waals surface area (Å²) in [5.41, 5.74) is 0.811. The lowest BCUT2D eigenvalue weighted by atomic mass is 9.51. The minimum absolute atomic E-state index is 0.197. The molecular formula is C18H23N3O2. The molecule has 1 aromatic rings. The maximum atomic E-state index is 11.8. The molecular weight excluding hydrogens is 290 g/mol. The molecule has 1 spiro atoms. The van der Waals surface area contributed by atoms with E-state index in [9.17, 15) is 4.79 Å². The summed E-state index contributed by atoms with van der Waals surface area (Å²) in [5, 5.41) is 6.14. The van der Waals surface area contributed by atoms with Crippen molar-refractivity contribution in [1.82, 2.24) is 10.3 Å². The molecule has 1 amide bonds. The third-order valence-electron chi connectivity index (χ3n) is 5.14. The Bertz CT molecular complexity index is 602. The van der Waals surface area contributed by atoms with Crippen LogP contribution in [0.5, 0.6) is 0 Å². The zero-order valence-corrected chi connectivity index (χ0v) is 13.5. The van der Waals surface area contributed by atoms with Crippen molar-refractivity contribution in [1.29, 1.82) is 0 Å². The van der Waals surface area contributed by atoms with E-state index >= 15 is 0 Å². The van der Waals surface area contributed by atoms with Crippen LogP contribution < -0.4 is 10.6 Å². The van der Waals surface area contributed by atoms with E-state index in [4.69, 9.17) is 11.2 Å². The van der Waals surface area contributed by atoms with Crippen LogP contribution in [0.15, 0.2) is 18.3 Å². The summed E-state index contributed by atoms with van der Waals surface area (Å²) in [7, 11) is 0. The maximum absolute atomic E-state index is 11.8. The number of terminal acetylenes is 1. The maximum Gasteiger partial charge on any atom is 0.253 e. The SMILES string of the molecule is C#CCNC(=O)c1ccc(NC2CC(OCC)C23CCC3)nc1. The van der Waals surface area contributed by atoms with Crippen LogP contribution in [0.25, 0.3) is 0 Å². The Morgan fingerprint density at radius 1 is 1.52 bits per heavy atom. The Morgan fingerprint density at radius 3 is 2.91 bits per heavy atom. The first-order valence-electron chi connectivity index (χ1n) is 8.25. The lowest BCUT2D eigenvalue weighted by molar-refractivity contribution is -0.157. The zero-order chi connectivity index (χ0) is 16.3. The number of nitrogens with one attached hydrogen (secondary N) is 2. The monoisotopic (exact) mass is 313 g/mol. The Hall–Kier alpha value is -2.06. The van der Waals surface area contributed by atoms with Gasteiger partial charge in [-0.2, -0.15) is 0 Å². The molecule has 2 fully saturated rings. The van der Waals surface area contributed by atoms with Gasteiger partial charge in [0.1, 0.15) is 5.82 Å². The molecule has 2 aliphatic rings. The Morgan fingerprint density at radius 2 is 2.35 bits per heavy atom. The van der Waals surface area contributed by atoms with Gasteiger partial charge in [0, 0.05) is 24.3 Å². The summed E-state index contributed by atoms with van der Waals surface area (Å²) in [4.78, 5) is 16.2. The van der Waals surface area contributed by atoms with E-state index in [1.165, 1.54) is 19.3 Å². The number of hydrogen-bond acceptors (Lipinski definition) is 4. The molecule has 0 radical (unpaired) electrons. The van der Waals surface area contributed by atoms with Crippen LogP contribution in [0, 0.1) is 17.8 Å². The van der Waals surface area contributed by atoms with Crippen LogP contribution in [0.4, 0.5) is 5.82 Å². The standard InChI is InChI=1S/C18H23N3O2/c1-3-10-19-17(22)13-6-7-16(20-12-13)21-14-11-15(23-4-2)18(14)8-5-9-18/h1,6-7,12,14-15H,4-5,8-11H2,2H3,(H,19,22)(H,20,21). The zero-order valence-electron chi connectivity index (χ0n) is 13.5. The smallest absolute Gasteiger partial charge is 0.253 e. The van der Waals surface area contributed by atoms with Crippen molar-refractivity contribution < 1.29 is 9.53 Å². The number of carbonyl (C=O) groups excluding carboxylic acids is 1. The number of pyridine rings is 1. The van der Waals surface area contributed by atoms with Crippen molar-refractivity contribution >= 4 is 11.7 Å². The van der Waals surface area contributed by atoms with E-state index in [1.54, 1.807) is 12.3 Å². The quantitative estimate of drug-likeness (QED) is 0.790. The fraction of sp³-hybridized carbons (Fsp3) is 0.556.